The van der Waals surface area contributed by atoms with Crippen LogP contribution in [0.1, 0.15) is 37.6 Å². The lowest BCUT2D eigenvalue weighted by molar-refractivity contribution is 0.0778. The highest BCUT2D eigenvalue weighted by molar-refractivity contribution is 5.62. The molecule has 1 saturated heterocycles. The number of nitrogens with zero attached hydrogens (tertiary/aromatic N) is 3. The van der Waals surface area contributed by atoms with Gasteiger partial charge in [0, 0.05) is 48.8 Å². The highest BCUT2D eigenvalue weighted by Crippen LogP contribution is 2.32. The molecule has 1 aliphatic rings. The van der Waals surface area contributed by atoms with Crippen molar-refractivity contribution in [1.82, 2.24) is 9.97 Å². The van der Waals surface area contributed by atoms with Crippen molar-refractivity contribution >= 4 is 5.69 Å². The van der Waals surface area contributed by atoms with Crippen molar-refractivity contribution in [2.24, 2.45) is 11.7 Å². The fraction of sp³-hybridized carbons (Fsp3) is 0.407. The summed E-state index contributed by atoms with van der Waals surface area (Å²) in [7, 11) is 0. The van der Waals surface area contributed by atoms with Crippen LogP contribution >= 0.6 is 0 Å². The molecule has 6 nitrogen and oxygen atoms in total. The lowest BCUT2D eigenvalue weighted by Crippen LogP contribution is -2.55. The molecule has 192 valence electrons. The van der Waals surface area contributed by atoms with Gasteiger partial charge in [0.1, 0.15) is 23.1 Å². The summed E-state index contributed by atoms with van der Waals surface area (Å²) in [6.07, 6.45) is 3.76. The van der Waals surface area contributed by atoms with Gasteiger partial charge in [-0.1, -0.05) is 6.92 Å². The minimum Gasteiger partial charge on any atom is -0.391 e. The van der Waals surface area contributed by atoms with Gasteiger partial charge in [0.05, 0.1) is 17.3 Å². The predicted molar refractivity (Wildman–Crippen MR) is 132 cm³/mol. The largest absolute Gasteiger partial charge is 0.391 e. The summed E-state index contributed by atoms with van der Waals surface area (Å²) >= 11 is 0. The minimum absolute atomic E-state index is 0.00341. The van der Waals surface area contributed by atoms with Gasteiger partial charge in [0.25, 0.3) is 0 Å². The van der Waals surface area contributed by atoms with E-state index in [0.29, 0.717) is 31.6 Å². The zero-order chi connectivity index (χ0) is 26.2. The zero-order valence-electron chi connectivity index (χ0n) is 20.5. The van der Waals surface area contributed by atoms with Crippen LogP contribution in [0.25, 0.3) is 11.3 Å². The molecule has 0 unspecified atom stereocenters. The first-order valence-electron chi connectivity index (χ1n) is 11.9. The molecule has 36 heavy (non-hydrogen) atoms. The monoisotopic (exact) mass is 500 g/mol. The van der Waals surface area contributed by atoms with Crippen molar-refractivity contribution in [3.05, 3.63) is 77.0 Å². The van der Waals surface area contributed by atoms with Gasteiger partial charge >= 0.3 is 0 Å². The van der Waals surface area contributed by atoms with Crippen molar-refractivity contribution in [3.63, 3.8) is 0 Å². The topological polar surface area (TPSA) is 95.5 Å². The number of piperidine rings is 1. The number of aliphatic hydroxyl groups is 2. The molecule has 1 aromatic carbocycles. The molecule has 3 heterocycles. The number of halogens is 3. The van der Waals surface area contributed by atoms with E-state index >= 15 is 0 Å². The lowest BCUT2D eigenvalue weighted by Gasteiger charge is -2.40. The maximum absolute atomic E-state index is 14.8. The predicted octanol–water partition coefficient (Wildman–Crippen LogP) is 3.72. The van der Waals surface area contributed by atoms with Crippen LogP contribution in [0.5, 0.6) is 0 Å². The molecule has 3 aromatic rings. The molecule has 4 N–H and O–H groups in total. The quantitative estimate of drug-likeness (QED) is 0.478. The van der Waals surface area contributed by atoms with E-state index in [1.807, 2.05) is 13.0 Å². The van der Waals surface area contributed by atoms with Crippen LogP contribution in [0, 0.1) is 23.4 Å². The summed E-state index contributed by atoms with van der Waals surface area (Å²) in [6.45, 7) is 5.92. The van der Waals surface area contributed by atoms with Crippen molar-refractivity contribution in [2.75, 3.05) is 18.0 Å². The Labute approximate surface area is 208 Å². The average molecular weight is 501 g/mol. The van der Waals surface area contributed by atoms with Crippen molar-refractivity contribution in [1.29, 1.82) is 0 Å². The van der Waals surface area contributed by atoms with Crippen LogP contribution in [0.3, 0.4) is 0 Å². The summed E-state index contributed by atoms with van der Waals surface area (Å²) in [4.78, 5) is 10.6. The minimum atomic E-state index is -1.45. The second-order valence-corrected chi connectivity index (χ2v) is 10.0. The molecule has 1 fully saturated rings. The summed E-state index contributed by atoms with van der Waals surface area (Å²) in [5, 5.41) is 20.3. The Bertz CT molecular complexity index is 1210. The molecule has 0 amide bonds. The second kappa shape index (κ2) is 10.2. The summed E-state index contributed by atoms with van der Waals surface area (Å²) in [5.41, 5.74) is 6.06. The fourth-order valence-electron chi connectivity index (χ4n) is 4.64. The molecular weight excluding hydrogens is 469 g/mol. The van der Waals surface area contributed by atoms with E-state index in [9.17, 15) is 23.4 Å². The van der Waals surface area contributed by atoms with Crippen LogP contribution in [-0.4, -0.2) is 45.4 Å². The normalized spacial score (nSPS) is 20.6. The Hall–Kier alpha value is -3.01. The summed E-state index contributed by atoms with van der Waals surface area (Å²) in [6, 6.07) is 6.15. The van der Waals surface area contributed by atoms with Crippen molar-refractivity contribution in [2.45, 2.75) is 51.4 Å². The number of anilines is 1. The third-order valence-electron chi connectivity index (χ3n) is 6.72. The van der Waals surface area contributed by atoms with Crippen LogP contribution in [0.4, 0.5) is 18.9 Å². The van der Waals surface area contributed by atoms with Crippen LogP contribution in [-0.2, 0) is 18.4 Å². The Morgan fingerprint density at radius 2 is 1.75 bits per heavy atom. The smallest absolute Gasteiger partial charge is 0.149 e. The van der Waals surface area contributed by atoms with Gasteiger partial charge in [-0.15, -0.1) is 0 Å². The van der Waals surface area contributed by atoms with E-state index in [0.717, 1.165) is 29.4 Å². The SMILES string of the molecule is C[C@H]1CN(c2ccncc2CCc2ccc(F)c(-c3c(F)cc(C(C)(C)O)cc3F)n2)C[C@@H](N)[C@@H]1O. The number of aryl methyl sites for hydroxylation is 2. The van der Waals surface area contributed by atoms with Gasteiger partial charge in [-0.3, -0.25) is 4.98 Å². The first-order chi connectivity index (χ1) is 17.0. The number of benzene rings is 1. The molecule has 0 saturated carbocycles. The van der Waals surface area contributed by atoms with Crippen molar-refractivity contribution in [3.8, 4) is 11.3 Å². The highest BCUT2D eigenvalue weighted by Gasteiger charge is 2.31. The lowest BCUT2D eigenvalue weighted by atomic mass is 9.92. The van der Waals surface area contributed by atoms with Crippen LogP contribution in [0.15, 0.2) is 42.7 Å². The molecule has 1 aliphatic heterocycles. The third kappa shape index (κ3) is 5.38. The number of aromatic nitrogens is 2. The Balaban J connectivity index is 1.59. The van der Waals surface area contributed by atoms with Gasteiger partial charge in [-0.25, -0.2) is 18.2 Å². The molecular formula is C27H31F3N4O2. The Kier molecular flexibility index (Phi) is 7.36. The van der Waals surface area contributed by atoms with E-state index in [1.165, 1.54) is 19.9 Å². The van der Waals surface area contributed by atoms with E-state index in [2.05, 4.69) is 14.9 Å². The standard InChI is InChI=1S/C27H31F3N4O2/c1-15-13-34(14-22(31)26(15)35)23-8-9-32-12-16(23)4-5-18-6-7-19(28)25(33-18)24-20(29)10-17(11-21(24)30)27(2,3)36/h6-12,15,22,26,35-36H,4-5,13-14,31H2,1-3H3/t15-,22+,26+/m0/s1. The van der Waals surface area contributed by atoms with Gasteiger partial charge < -0.3 is 20.8 Å². The number of hydrogen-bond donors (Lipinski definition) is 3. The van der Waals surface area contributed by atoms with Crippen LogP contribution < -0.4 is 10.6 Å². The Morgan fingerprint density at radius 1 is 1.06 bits per heavy atom. The van der Waals surface area contributed by atoms with Crippen molar-refractivity contribution < 1.29 is 23.4 Å². The van der Waals surface area contributed by atoms with Gasteiger partial charge in [-0.05, 0) is 68.1 Å². The Morgan fingerprint density at radius 3 is 2.39 bits per heavy atom. The number of pyridine rings is 2. The van der Waals surface area contributed by atoms with E-state index in [1.54, 1.807) is 12.4 Å². The van der Waals surface area contributed by atoms with Gasteiger partial charge in [0.2, 0.25) is 0 Å². The molecule has 2 aromatic heterocycles. The maximum atomic E-state index is 14.8. The first-order valence-corrected chi connectivity index (χ1v) is 11.9. The molecule has 0 spiro atoms. The fourth-order valence-corrected chi connectivity index (χ4v) is 4.64. The molecule has 0 radical (unpaired) electrons. The molecule has 3 atom stereocenters. The maximum Gasteiger partial charge on any atom is 0.149 e. The molecule has 9 heteroatoms. The number of nitrogens with two attached hydrogens (primary N) is 1. The second-order valence-electron chi connectivity index (χ2n) is 10.0. The van der Waals surface area contributed by atoms with Gasteiger partial charge in [0.15, 0.2) is 0 Å². The van der Waals surface area contributed by atoms with Crippen LogP contribution in [0.2, 0.25) is 0 Å². The number of hydrogen-bond acceptors (Lipinski definition) is 6. The highest BCUT2D eigenvalue weighted by atomic mass is 19.1. The summed E-state index contributed by atoms with van der Waals surface area (Å²) in [5.74, 6) is -2.83. The molecule has 0 aliphatic carbocycles. The van der Waals surface area contributed by atoms with E-state index in [-0.39, 0.29) is 17.5 Å². The average Bonchev–Trinajstić information content (AvgIpc) is 2.81. The zero-order valence-corrected chi connectivity index (χ0v) is 20.5. The molecule has 4 rings (SSSR count). The van der Waals surface area contributed by atoms with E-state index in [4.69, 9.17) is 5.73 Å². The summed E-state index contributed by atoms with van der Waals surface area (Å²) < 4.78 is 44.3. The molecule has 0 bridgehead atoms. The number of rotatable bonds is 6. The van der Waals surface area contributed by atoms with E-state index < -0.39 is 40.4 Å². The van der Waals surface area contributed by atoms with Gasteiger partial charge in [-0.2, -0.15) is 0 Å². The number of aliphatic hydroxyl groups excluding tert-OH is 1. The third-order valence-corrected chi connectivity index (χ3v) is 6.72. The first kappa shape index (κ1) is 26.1.